The predicted octanol–water partition coefficient (Wildman–Crippen LogP) is 1.07. The van der Waals surface area contributed by atoms with E-state index in [4.69, 9.17) is 4.74 Å². The van der Waals surface area contributed by atoms with Gasteiger partial charge in [0.2, 0.25) is 15.9 Å². The lowest BCUT2D eigenvalue weighted by molar-refractivity contribution is -0.162. The van der Waals surface area contributed by atoms with Crippen molar-refractivity contribution < 1.29 is 17.9 Å². The van der Waals surface area contributed by atoms with Crippen molar-refractivity contribution in [2.24, 2.45) is 5.92 Å². The Hall–Kier alpha value is -0.660. The van der Waals surface area contributed by atoms with Crippen molar-refractivity contribution in [3.63, 3.8) is 0 Å². The maximum Gasteiger partial charge on any atom is 0.225 e. The van der Waals surface area contributed by atoms with Crippen LogP contribution in [0.5, 0.6) is 0 Å². The molecule has 2 aliphatic rings. The van der Waals surface area contributed by atoms with Crippen molar-refractivity contribution >= 4 is 15.9 Å². The lowest BCUT2D eigenvalue weighted by atomic mass is 9.95. The van der Waals surface area contributed by atoms with Gasteiger partial charge >= 0.3 is 0 Å². The van der Waals surface area contributed by atoms with Gasteiger partial charge in [0, 0.05) is 32.1 Å². The quantitative estimate of drug-likeness (QED) is 0.775. The van der Waals surface area contributed by atoms with E-state index in [0.717, 1.165) is 0 Å². The highest BCUT2D eigenvalue weighted by molar-refractivity contribution is 7.89. The van der Waals surface area contributed by atoms with Gasteiger partial charge in [-0.05, 0) is 40.5 Å². The van der Waals surface area contributed by atoms with Crippen molar-refractivity contribution in [2.45, 2.75) is 52.2 Å². The molecule has 2 heterocycles. The third-order valence-electron chi connectivity index (χ3n) is 4.44. The standard InChI is InChI=1S/C15H28N2O4S/c1-5-22(19,20)17-8-6-13(7-9-17)14(18)16-10-12(2)21-15(3,4)11-16/h12-13H,5-11H2,1-4H3. The minimum atomic E-state index is -3.13. The first kappa shape index (κ1) is 17.7. The summed E-state index contributed by atoms with van der Waals surface area (Å²) < 4.78 is 31.1. The van der Waals surface area contributed by atoms with Crippen LogP contribution in [0.3, 0.4) is 0 Å². The normalized spacial score (nSPS) is 27.8. The fourth-order valence-corrected chi connectivity index (χ4v) is 4.58. The van der Waals surface area contributed by atoms with Crippen LogP contribution in [0.2, 0.25) is 0 Å². The van der Waals surface area contributed by atoms with Crippen LogP contribution in [0.1, 0.15) is 40.5 Å². The smallest absolute Gasteiger partial charge is 0.225 e. The number of hydrogen-bond donors (Lipinski definition) is 0. The van der Waals surface area contributed by atoms with Gasteiger partial charge in [-0.15, -0.1) is 0 Å². The molecule has 0 aromatic heterocycles. The minimum absolute atomic E-state index is 0.0354. The van der Waals surface area contributed by atoms with Crippen LogP contribution in [-0.4, -0.2) is 67.2 Å². The number of rotatable bonds is 3. The number of sulfonamides is 1. The highest BCUT2D eigenvalue weighted by Crippen LogP contribution is 2.26. The van der Waals surface area contributed by atoms with E-state index in [9.17, 15) is 13.2 Å². The first-order chi connectivity index (χ1) is 10.1. The zero-order valence-corrected chi connectivity index (χ0v) is 14.9. The van der Waals surface area contributed by atoms with Crippen LogP contribution in [0.15, 0.2) is 0 Å². The van der Waals surface area contributed by atoms with Gasteiger partial charge in [0.05, 0.1) is 17.5 Å². The summed E-state index contributed by atoms with van der Waals surface area (Å²) in [5.41, 5.74) is -0.320. The molecule has 1 amide bonds. The van der Waals surface area contributed by atoms with Crippen molar-refractivity contribution in [2.75, 3.05) is 31.9 Å². The molecule has 0 N–H and O–H groups in total. The fraction of sp³-hybridized carbons (Fsp3) is 0.933. The largest absolute Gasteiger partial charge is 0.369 e. The van der Waals surface area contributed by atoms with E-state index in [-0.39, 0.29) is 29.3 Å². The first-order valence-corrected chi connectivity index (χ1v) is 9.70. The van der Waals surface area contributed by atoms with E-state index in [2.05, 4.69) is 0 Å². The molecule has 0 saturated carbocycles. The highest BCUT2D eigenvalue weighted by Gasteiger charge is 2.38. The molecule has 0 bridgehead atoms. The monoisotopic (exact) mass is 332 g/mol. The number of carbonyl (C=O) groups is 1. The van der Waals surface area contributed by atoms with Crippen LogP contribution >= 0.6 is 0 Å². The maximum atomic E-state index is 12.7. The second-order valence-corrected chi connectivity index (χ2v) is 9.24. The van der Waals surface area contributed by atoms with E-state index in [1.54, 1.807) is 6.92 Å². The van der Waals surface area contributed by atoms with Crippen LogP contribution in [-0.2, 0) is 19.6 Å². The van der Waals surface area contributed by atoms with E-state index >= 15 is 0 Å². The molecule has 2 rings (SSSR count). The van der Waals surface area contributed by atoms with Crippen LogP contribution in [0, 0.1) is 5.92 Å². The molecule has 0 radical (unpaired) electrons. The van der Waals surface area contributed by atoms with Gasteiger partial charge in [-0.2, -0.15) is 0 Å². The zero-order valence-electron chi connectivity index (χ0n) is 14.0. The van der Waals surface area contributed by atoms with Gasteiger partial charge < -0.3 is 9.64 Å². The molecule has 7 heteroatoms. The van der Waals surface area contributed by atoms with Gasteiger partial charge in [-0.3, -0.25) is 4.79 Å². The van der Waals surface area contributed by atoms with Gasteiger partial charge in [0.15, 0.2) is 0 Å². The molecule has 2 fully saturated rings. The number of morpholine rings is 1. The summed E-state index contributed by atoms with van der Waals surface area (Å²) in [6.07, 6.45) is 1.27. The molecule has 2 saturated heterocycles. The number of hydrogen-bond acceptors (Lipinski definition) is 4. The summed E-state index contributed by atoms with van der Waals surface area (Å²) in [7, 11) is -3.13. The Bertz CT molecular complexity index is 510. The predicted molar refractivity (Wildman–Crippen MR) is 85.0 cm³/mol. The number of piperidine rings is 1. The molecule has 1 unspecified atom stereocenters. The molecule has 0 aromatic carbocycles. The van der Waals surface area contributed by atoms with Crippen molar-refractivity contribution in [1.29, 1.82) is 0 Å². The molecule has 2 aliphatic heterocycles. The summed E-state index contributed by atoms with van der Waals surface area (Å²) in [6.45, 7) is 9.77. The molecule has 1 atom stereocenters. The Kier molecular flexibility index (Phi) is 5.19. The van der Waals surface area contributed by atoms with E-state index < -0.39 is 10.0 Å². The number of amides is 1. The summed E-state index contributed by atoms with van der Waals surface area (Å²) in [6, 6.07) is 0. The molecule has 0 aliphatic carbocycles. The zero-order chi connectivity index (χ0) is 16.5. The summed E-state index contributed by atoms with van der Waals surface area (Å²) in [4.78, 5) is 14.6. The maximum absolute atomic E-state index is 12.7. The van der Waals surface area contributed by atoms with Crippen molar-refractivity contribution in [3.05, 3.63) is 0 Å². The Morgan fingerprint density at radius 1 is 1.27 bits per heavy atom. The summed E-state index contributed by atoms with van der Waals surface area (Å²) in [5.74, 6) is 0.210. The average Bonchev–Trinajstić information content (AvgIpc) is 2.44. The Labute approximate surface area is 133 Å². The molecule has 22 heavy (non-hydrogen) atoms. The van der Waals surface area contributed by atoms with Crippen molar-refractivity contribution in [3.8, 4) is 0 Å². The third kappa shape index (κ3) is 4.00. The van der Waals surface area contributed by atoms with Crippen molar-refractivity contribution in [1.82, 2.24) is 9.21 Å². The van der Waals surface area contributed by atoms with Crippen LogP contribution in [0.25, 0.3) is 0 Å². The highest BCUT2D eigenvalue weighted by atomic mass is 32.2. The molecule has 0 aromatic rings. The van der Waals surface area contributed by atoms with E-state index in [0.29, 0.717) is 39.0 Å². The number of carbonyl (C=O) groups excluding carboxylic acids is 1. The Morgan fingerprint density at radius 3 is 2.36 bits per heavy atom. The van der Waals surface area contributed by atoms with Gasteiger partial charge in [0.25, 0.3) is 0 Å². The number of ether oxygens (including phenoxy) is 1. The molecular weight excluding hydrogens is 304 g/mol. The molecule has 128 valence electrons. The van der Waals surface area contributed by atoms with Crippen LogP contribution in [0.4, 0.5) is 0 Å². The Morgan fingerprint density at radius 2 is 1.86 bits per heavy atom. The fourth-order valence-electron chi connectivity index (χ4n) is 3.44. The van der Waals surface area contributed by atoms with Gasteiger partial charge in [0.1, 0.15) is 0 Å². The van der Waals surface area contributed by atoms with Crippen LogP contribution < -0.4 is 0 Å². The summed E-state index contributed by atoms with van der Waals surface area (Å²) >= 11 is 0. The topological polar surface area (TPSA) is 66.9 Å². The van der Waals surface area contributed by atoms with E-state index in [1.165, 1.54) is 4.31 Å². The number of nitrogens with zero attached hydrogens (tertiary/aromatic N) is 2. The first-order valence-electron chi connectivity index (χ1n) is 8.09. The SMILES string of the molecule is CCS(=O)(=O)N1CCC(C(=O)N2CC(C)OC(C)(C)C2)CC1. The summed E-state index contributed by atoms with van der Waals surface area (Å²) in [5, 5.41) is 0. The Balaban J connectivity index is 1.95. The molecule has 0 spiro atoms. The van der Waals surface area contributed by atoms with Gasteiger partial charge in [-0.25, -0.2) is 12.7 Å². The van der Waals surface area contributed by atoms with Gasteiger partial charge in [-0.1, -0.05) is 0 Å². The molecule has 6 nitrogen and oxygen atoms in total. The minimum Gasteiger partial charge on any atom is -0.369 e. The lowest BCUT2D eigenvalue weighted by Crippen LogP contribution is -2.56. The second kappa shape index (κ2) is 6.45. The third-order valence-corrected chi connectivity index (χ3v) is 6.32. The average molecular weight is 332 g/mol. The second-order valence-electron chi connectivity index (χ2n) is 6.98. The molecular formula is C15H28N2O4S. The lowest BCUT2D eigenvalue weighted by Gasteiger charge is -2.43. The van der Waals surface area contributed by atoms with E-state index in [1.807, 2.05) is 25.7 Å².